The van der Waals surface area contributed by atoms with Gasteiger partial charge >= 0.3 is 0 Å². The summed E-state index contributed by atoms with van der Waals surface area (Å²) >= 11 is 3.48. The molecule has 0 bridgehead atoms. The van der Waals surface area contributed by atoms with Crippen LogP contribution in [0.2, 0.25) is 0 Å². The third-order valence-electron chi connectivity index (χ3n) is 8.41. The first-order valence-electron chi connectivity index (χ1n) is 10.8. The van der Waals surface area contributed by atoms with Gasteiger partial charge in [0.25, 0.3) is 0 Å². The Morgan fingerprint density at radius 2 is 1.83 bits per heavy atom. The molecule has 0 unspecified atom stereocenters. The molecule has 0 amide bonds. The van der Waals surface area contributed by atoms with Crippen molar-refractivity contribution < 1.29 is 9.59 Å². The first-order chi connectivity index (χ1) is 13.8. The van der Waals surface area contributed by atoms with Crippen molar-refractivity contribution in [2.45, 2.75) is 46.0 Å². The van der Waals surface area contributed by atoms with Gasteiger partial charge in [-0.25, -0.2) is 0 Å². The van der Waals surface area contributed by atoms with Gasteiger partial charge in [-0.1, -0.05) is 53.6 Å². The molecular formula is C26H27BrO2. The molecule has 150 valence electrons. The summed E-state index contributed by atoms with van der Waals surface area (Å²) < 4.78 is 1.05. The van der Waals surface area contributed by atoms with Crippen molar-refractivity contribution >= 4 is 33.6 Å². The number of fused-ring (bicyclic) bond motifs is 5. The minimum absolute atomic E-state index is 0.0145. The van der Waals surface area contributed by atoms with Crippen molar-refractivity contribution in [3.05, 3.63) is 63.7 Å². The summed E-state index contributed by atoms with van der Waals surface area (Å²) in [4.78, 5) is 25.4. The highest BCUT2D eigenvalue weighted by Crippen LogP contribution is 2.64. The summed E-state index contributed by atoms with van der Waals surface area (Å²) in [6.07, 6.45) is 12.9. The molecule has 0 aliphatic heterocycles. The van der Waals surface area contributed by atoms with E-state index >= 15 is 0 Å². The molecule has 0 radical (unpaired) electrons. The molecule has 4 aliphatic rings. The third-order valence-corrected chi connectivity index (χ3v) is 8.94. The zero-order chi connectivity index (χ0) is 20.4. The van der Waals surface area contributed by atoms with Crippen molar-refractivity contribution in [3.8, 4) is 0 Å². The predicted molar refractivity (Wildman–Crippen MR) is 119 cm³/mol. The number of carbonyl (C=O) groups excluding carboxylic acids is 2. The monoisotopic (exact) mass is 450 g/mol. The Balaban J connectivity index is 1.48. The fourth-order valence-corrected chi connectivity index (χ4v) is 7.02. The van der Waals surface area contributed by atoms with Gasteiger partial charge in [0.15, 0.2) is 11.6 Å². The molecule has 2 nitrogen and oxygen atoms in total. The number of rotatable bonds is 1. The number of allylic oxidation sites excluding steroid dienone is 5. The van der Waals surface area contributed by atoms with Crippen LogP contribution in [0.1, 0.15) is 51.5 Å². The van der Waals surface area contributed by atoms with Crippen molar-refractivity contribution in [1.29, 1.82) is 0 Å². The van der Waals surface area contributed by atoms with Gasteiger partial charge in [-0.05, 0) is 91.4 Å². The highest BCUT2D eigenvalue weighted by Gasteiger charge is 2.59. The number of Topliss-reactive ketones (excluding diaryl/α,β-unsaturated/α-hetero) is 1. The summed E-state index contributed by atoms with van der Waals surface area (Å²) in [5, 5.41) is 0. The highest BCUT2D eigenvalue weighted by atomic mass is 79.9. The van der Waals surface area contributed by atoms with Crippen LogP contribution in [-0.4, -0.2) is 11.6 Å². The van der Waals surface area contributed by atoms with Gasteiger partial charge in [0.2, 0.25) is 0 Å². The zero-order valence-corrected chi connectivity index (χ0v) is 18.7. The number of halogens is 1. The molecular weight excluding hydrogens is 424 g/mol. The topological polar surface area (TPSA) is 34.1 Å². The Kier molecular flexibility index (Phi) is 4.40. The normalized spacial score (nSPS) is 39.8. The molecule has 0 N–H and O–H groups in total. The van der Waals surface area contributed by atoms with Gasteiger partial charge in [-0.2, -0.15) is 0 Å². The second kappa shape index (κ2) is 6.63. The second-order valence-electron chi connectivity index (χ2n) is 9.81. The number of hydrogen-bond donors (Lipinski definition) is 0. The number of carbonyl (C=O) groups is 2. The summed E-state index contributed by atoms with van der Waals surface area (Å²) in [6.45, 7) is 4.53. The molecule has 0 saturated heterocycles. The maximum absolute atomic E-state index is 13.5. The molecule has 0 spiro atoms. The molecule has 5 rings (SSSR count). The van der Waals surface area contributed by atoms with E-state index in [1.54, 1.807) is 6.08 Å². The number of ketones is 2. The van der Waals surface area contributed by atoms with Crippen LogP contribution in [0.3, 0.4) is 0 Å². The lowest BCUT2D eigenvalue weighted by Gasteiger charge is -2.55. The lowest BCUT2D eigenvalue weighted by Crippen LogP contribution is -2.49. The predicted octanol–water partition coefficient (Wildman–Crippen LogP) is 6.32. The molecule has 4 aliphatic carbocycles. The van der Waals surface area contributed by atoms with E-state index in [1.165, 1.54) is 5.57 Å². The van der Waals surface area contributed by atoms with E-state index in [0.717, 1.165) is 47.7 Å². The van der Waals surface area contributed by atoms with E-state index in [1.807, 2.05) is 18.2 Å². The molecule has 0 aromatic heterocycles. The van der Waals surface area contributed by atoms with Crippen molar-refractivity contribution in [1.82, 2.24) is 0 Å². The molecule has 0 heterocycles. The van der Waals surface area contributed by atoms with Crippen LogP contribution in [0.25, 0.3) is 6.08 Å². The van der Waals surface area contributed by atoms with E-state index in [0.29, 0.717) is 23.5 Å². The van der Waals surface area contributed by atoms with Crippen LogP contribution < -0.4 is 0 Å². The van der Waals surface area contributed by atoms with Gasteiger partial charge in [0.05, 0.1) is 0 Å². The quantitative estimate of drug-likeness (QED) is 0.469. The third kappa shape index (κ3) is 2.88. The van der Waals surface area contributed by atoms with E-state index in [9.17, 15) is 9.59 Å². The van der Waals surface area contributed by atoms with Crippen LogP contribution in [0.5, 0.6) is 0 Å². The summed E-state index contributed by atoms with van der Waals surface area (Å²) in [5.41, 5.74) is 3.17. The summed E-state index contributed by atoms with van der Waals surface area (Å²) in [7, 11) is 0. The fraction of sp³-hybridized carbons (Fsp3) is 0.462. The minimum atomic E-state index is -0.228. The van der Waals surface area contributed by atoms with Gasteiger partial charge in [-0.15, -0.1) is 0 Å². The molecule has 5 atom stereocenters. The molecule has 3 fully saturated rings. The molecule has 1 aromatic rings. The average molecular weight is 451 g/mol. The number of hydrogen-bond acceptors (Lipinski definition) is 2. The number of benzene rings is 1. The maximum Gasteiger partial charge on any atom is 0.178 e. The van der Waals surface area contributed by atoms with Crippen LogP contribution in [0, 0.1) is 28.6 Å². The smallest absolute Gasteiger partial charge is 0.178 e. The standard InChI is InChI=1S/C26H27BrO2/c1-25-11-9-20(28)15-18(25)5-8-21-22(25)10-12-26(2)23(21)14-17(24(26)29)13-16-3-6-19(27)7-4-16/h3-4,6-7,9,11,13,15,21-23H,5,8,10,12,14H2,1-2H3/t21-,22+,23+,25+,26+/m1/s1. The first kappa shape index (κ1) is 19.2. The van der Waals surface area contributed by atoms with Crippen LogP contribution >= 0.6 is 15.9 Å². The Morgan fingerprint density at radius 3 is 2.59 bits per heavy atom. The SMILES string of the molecule is C[C@]12C=CC(=O)C=C1CC[C@@H]1[C@@H]2CC[C@]2(C)C(=O)C(=Cc3ccc(Br)cc3)C[C@@H]12. The van der Waals surface area contributed by atoms with Crippen LogP contribution in [-0.2, 0) is 9.59 Å². The second-order valence-corrected chi connectivity index (χ2v) is 10.7. The Hall–Kier alpha value is -1.74. The Labute approximate surface area is 181 Å². The van der Waals surface area contributed by atoms with Crippen molar-refractivity contribution in [2.24, 2.45) is 28.6 Å². The zero-order valence-electron chi connectivity index (χ0n) is 17.1. The van der Waals surface area contributed by atoms with E-state index in [-0.39, 0.29) is 16.6 Å². The minimum Gasteiger partial charge on any atom is -0.294 e. The van der Waals surface area contributed by atoms with Gasteiger partial charge in [0.1, 0.15) is 0 Å². The van der Waals surface area contributed by atoms with Crippen LogP contribution in [0.4, 0.5) is 0 Å². The Morgan fingerprint density at radius 1 is 1.07 bits per heavy atom. The maximum atomic E-state index is 13.5. The summed E-state index contributed by atoms with van der Waals surface area (Å²) in [6, 6.07) is 8.20. The summed E-state index contributed by atoms with van der Waals surface area (Å²) in [5.74, 6) is 2.00. The first-order valence-corrected chi connectivity index (χ1v) is 11.6. The highest BCUT2D eigenvalue weighted by molar-refractivity contribution is 9.10. The van der Waals surface area contributed by atoms with E-state index in [2.05, 4.69) is 54.1 Å². The van der Waals surface area contributed by atoms with Crippen molar-refractivity contribution in [2.75, 3.05) is 0 Å². The average Bonchev–Trinajstić information content (AvgIpc) is 2.95. The van der Waals surface area contributed by atoms with E-state index in [4.69, 9.17) is 0 Å². The molecule has 29 heavy (non-hydrogen) atoms. The van der Waals surface area contributed by atoms with Gasteiger partial charge in [0, 0.05) is 15.3 Å². The molecule has 1 aromatic carbocycles. The largest absolute Gasteiger partial charge is 0.294 e. The molecule has 3 saturated carbocycles. The van der Waals surface area contributed by atoms with Crippen LogP contribution in [0.15, 0.2) is 58.1 Å². The molecule has 3 heteroatoms. The Bertz CT molecular complexity index is 982. The fourth-order valence-electron chi connectivity index (χ4n) is 6.76. The lowest BCUT2D eigenvalue weighted by molar-refractivity contribution is -0.129. The van der Waals surface area contributed by atoms with E-state index < -0.39 is 0 Å². The van der Waals surface area contributed by atoms with Gasteiger partial charge < -0.3 is 0 Å². The van der Waals surface area contributed by atoms with Crippen molar-refractivity contribution in [3.63, 3.8) is 0 Å². The van der Waals surface area contributed by atoms with Gasteiger partial charge in [-0.3, -0.25) is 9.59 Å². The lowest BCUT2D eigenvalue weighted by atomic mass is 9.48.